The second kappa shape index (κ2) is 8.80. The SMILES string of the molecule is O=C(O)CCC1CCCN(C(=O)c2cccc(OCc3cscn3)c2)C1. The van der Waals surface area contributed by atoms with Crippen molar-refractivity contribution in [2.45, 2.75) is 32.3 Å². The van der Waals surface area contributed by atoms with Gasteiger partial charge in [0.15, 0.2) is 0 Å². The van der Waals surface area contributed by atoms with Crippen LogP contribution in [-0.4, -0.2) is 40.0 Å². The average molecular weight is 374 g/mol. The zero-order valence-electron chi connectivity index (χ0n) is 14.5. The Labute approximate surface area is 156 Å². The molecule has 0 radical (unpaired) electrons. The minimum atomic E-state index is -0.779. The van der Waals surface area contributed by atoms with Crippen LogP contribution in [0.25, 0.3) is 0 Å². The molecule has 1 aromatic carbocycles. The van der Waals surface area contributed by atoms with E-state index in [9.17, 15) is 9.59 Å². The summed E-state index contributed by atoms with van der Waals surface area (Å²) in [6.07, 6.45) is 2.67. The molecule has 0 aliphatic carbocycles. The van der Waals surface area contributed by atoms with Crippen molar-refractivity contribution in [3.63, 3.8) is 0 Å². The lowest BCUT2D eigenvalue weighted by Crippen LogP contribution is -2.40. The molecule has 0 saturated carbocycles. The molecule has 1 aromatic heterocycles. The van der Waals surface area contributed by atoms with Gasteiger partial charge in [0.1, 0.15) is 12.4 Å². The molecule has 0 bridgehead atoms. The molecular formula is C19H22N2O4S. The van der Waals surface area contributed by atoms with Gasteiger partial charge in [-0.15, -0.1) is 11.3 Å². The van der Waals surface area contributed by atoms with E-state index >= 15 is 0 Å². The van der Waals surface area contributed by atoms with E-state index < -0.39 is 5.97 Å². The summed E-state index contributed by atoms with van der Waals surface area (Å²) < 4.78 is 5.72. The van der Waals surface area contributed by atoms with Crippen molar-refractivity contribution in [1.29, 1.82) is 0 Å². The third kappa shape index (κ3) is 5.05. The quantitative estimate of drug-likeness (QED) is 0.803. The molecular weight excluding hydrogens is 352 g/mol. The van der Waals surface area contributed by atoms with Crippen LogP contribution in [-0.2, 0) is 11.4 Å². The van der Waals surface area contributed by atoms with E-state index in [2.05, 4.69) is 4.98 Å². The summed E-state index contributed by atoms with van der Waals surface area (Å²) in [6, 6.07) is 7.19. The summed E-state index contributed by atoms with van der Waals surface area (Å²) in [7, 11) is 0. The number of aromatic nitrogens is 1. The second-order valence-electron chi connectivity index (χ2n) is 6.49. The number of benzene rings is 1. The molecule has 1 amide bonds. The zero-order chi connectivity index (χ0) is 18.4. The van der Waals surface area contributed by atoms with E-state index in [1.165, 1.54) is 11.3 Å². The lowest BCUT2D eigenvalue weighted by molar-refractivity contribution is -0.137. The number of carboxylic acids is 1. The average Bonchev–Trinajstić information content (AvgIpc) is 3.18. The molecule has 2 aromatic rings. The molecule has 1 N–H and O–H groups in total. The maximum absolute atomic E-state index is 12.8. The number of piperidine rings is 1. The normalized spacial score (nSPS) is 17.1. The number of rotatable bonds is 7. The molecule has 1 unspecified atom stereocenters. The van der Waals surface area contributed by atoms with Gasteiger partial charge >= 0.3 is 5.97 Å². The number of likely N-dealkylation sites (tertiary alicyclic amines) is 1. The minimum Gasteiger partial charge on any atom is -0.487 e. The first kappa shape index (κ1) is 18.4. The Morgan fingerprint density at radius 1 is 1.38 bits per heavy atom. The van der Waals surface area contributed by atoms with Crippen LogP contribution in [0.4, 0.5) is 0 Å². The van der Waals surface area contributed by atoms with E-state index in [-0.39, 0.29) is 18.2 Å². The molecule has 1 aliphatic heterocycles. The van der Waals surface area contributed by atoms with E-state index in [4.69, 9.17) is 9.84 Å². The number of carbonyl (C=O) groups is 2. The third-order valence-corrected chi connectivity index (χ3v) is 5.16. The molecule has 3 rings (SSSR count). The molecule has 1 atom stereocenters. The second-order valence-corrected chi connectivity index (χ2v) is 7.21. The van der Waals surface area contributed by atoms with Crippen molar-refractivity contribution >= 4 is 23.2 Å². The van der Waals surface area contributed by atoms with Crippen molar-refractivity contribution in [3.05, 3.63) is 46.4 Å². The molecule has 26 heavy (non-hydrogen) atoms. The number of hydrogen-bond acceptors (Lipinski definition) is 5. The molecule has 0 spiro atoms. The Bertz CT molecular complexity index is 748. The maximum atomic E-state index is 12.8. The highest BCUT2D eigenvalue weighted by atomic mass is 32.1. The molecule has 138 valence electrons. The van der Waals surface area contributed by atoms with Crippen LogP contribution in [0.5, 0.6) is 5.75 Å². The van der Waals surface area contributed by atoms with Gasteiger partial charge in [-0.3, -0.25) is 9.59 Å². The third-order valence-electron chi connectivity index (χ3n) is 4.52. The van der Waals surface area contributed by atoms with Gasteiger partial charge < -0.3 is 14.7 Å². The van der Waals surface area contributed by atoms with Gasteiger partial charge in [-0.25, -0.2) is 4.98 Å². The number of carbonyl (C=O) groups excluding carboxylic acids is 1. The predicted octanol–water partition coefficient (Wildman–Crippen LogP) is 3.44. The molecule has 1 aliphatic rings. The Balaban J connectivity index is 1.59. The minimum absolute atomic E-state index is 0.0240. The van der Waals surface area contributed by atoms with Crippen LogP contribution in [0.2, 0.25) is 0 Å². The number of thiazole rings is 1. The predicted molar refractivity (Wildman–Crippen MR) is 98.4 cm³/mol. The molecule has 7 heteroatoms. The van der Waals surface area contributed by atoms with Crippen LogP contribution < -0.4 is 4.74 Å². The zero-order valence-corrected chi connectivity index (χ0v) is 15.3. The van der Waals surface area contributed by atoms with Gasteiger partial charge in [0.2, 0.25) is 0 Å². The lowest BCUT2D eigenvalue weighted by Gasteiger charge is -2.32. The topological polar surface area (TPSA) is 79.7 Å². The Morgan fingerprint density at radius 3 is 3.04 bits per heavy atom. The fourth-order valence-corrected chi connectivity index (χ4v) is 3.72. The van der Waals surface area contributed by atoms with Gasteiger partial charge in [0.05, 0.1) is 11.2 Å². The molecule has 1 fully saturated rings. The fourth-order valence-electron chi connectivity index (χ4n) is 3.18. The van der Waals surface area contributed by atoms with Crippen LogP contribution in [0.3, 0.4) is 0 Å². The van der Waals surface area contributed by atoms with Crippen LogP contribution in [0.1, 0.15) is 41.7 Å². The number of carboxylic acid groups (broad SMARTS) is 1. The largest absolute Gasteiger partial charge is 0.487 e. The fraction of sp³-hybridized carbons (Fsp3) is 0.421. The summed E-state index contributed by atoms with van der Waals surface area (Å²) in [4.78, 5) is 29.6. The number of nitrogens with zero attached hydrogens (tertiary/aromatic N) is 2. The number of aliphatic carboxylic acids is 1. The summed E-state index contributed by atoms with van der Waals surface area (Å²) in [5, 5.41) is 10.8. The van der Waals surface area contributed by atoms with Gasteiger partial charge in [-0.05, 0) is 43.4 Å². The highest BCUT2D eigenvalue weighted by molar-refractivity contribution is 7.07. The van der Waals surface area contributed by atoms with Crippen LogP contribution in [0, 0.1) is 5.92 Å². The van der Waals surface area contributed by atoms with Crippen molar-refractivity contribution in [2.75, 3.05) is 13.1 Å². The maximum Gasteiger partial charge on any atom is 0.303 e. The first-order chi connectivity index (χ1) is 12.6. The smallest absolute Gasteiger partial charge is 0.303 e. The van der Waals surface area contributed by atoms with E-state index in [1.54, 1.807) is 17.6 Å². The Kier molecular flexibility index (Phi) is 6.22. The highest BCUT2D eigenvalue weighted by Gasteiger charge is 2.25. The van der Waals surface area contributed by atoms with Gasteiger partial charge in [-0.2, -0.15) is 0 Å². The van der Waals surface area contributed by atoms with Gasteiger partial charge in [0.25, 0.3) is 5.91 Å². The van der Waals surface area contributed by atoms with Crippen LogP contribution >= 0.6 is 11.3 Å². The number of ether oxygens (including phenoxy) is 1. The van der Waals surface area contributed by atoms with Crippen molar-refractivity contribution in [1.82, 2.24) is 9.88 Å². The van der Waals surface area contributed by atoms with E-state index in [1.807, 2.05) is 22.4 Å². The summed E-state index contributed by atoms with van der Waals surface area (Å²) in [5.41, 5.74) is 3.22. The van der Waals surface area contributed by atoms with E-state index in [0.717, 1.165) is 18.5 Å². The van der Waals surface area contributed by atoms with Crippen molar-refractivity contribution < 1.29 is 19.4 Å². The van der Waals surface area contributed by atoms with Crippen LogP contribution in [0.15, 0.2) is 35.2 Å². The standard InChI is InChI=1S/C19H22N2O4S/c22-18(23)7-6-14-3-2-8-21(10-14)19(24)15-4-1-5-17(9-15)25-11-16-12-26-13-20-16/h1,4-5,9,12-14H,2-3,6-8,10-11H2,(H,22,23). The number of hydrogen-bond donors (Lipinski definition) is 1. The molecule has 6 nitrogen and oxygen atoms in total. The number of amides is 1. The van der Waals surface area contributed by atoms with Gasteiger partial charge in [0, 0.05) is 30.5 Å². The van der Waals surface area contributed by atoms with Gasteiger partial charge in [-0.1, -0.05) is 6.07 Å². The lowest BCUT2D eigenvalue weighted by atomic mass is 9.93. The van der Waals surface area contributed by atoms with Crippen molar-refractivity contribution in [2.24, 2.45) is 5.92 Å². The van der Waals surface area contributed by atoms with Crippen molar-refractivity contribution in [3.8, 4) is 5.75 Å². The summed E-state index contributed by atoms with van der Waals surface area (Å²) in [6.45, 7) is 1.71. The summed E-state index contributed by atoms with van der Waals surface area (Å²) in [5.74, 6) is 0.0960. The Hall–Kier alpha value is -2.41. The molecule has 1 saturated heterocycles. The first-order valence-corrected chi connectivity index (χ1v) is 9.67. The van der Waals surface area contributed by atoms with E-state index in [0.29, 0.717) is 37.4 Å². The first-order valence-electron chi connectivity index (χ1n) is 8.73. The summed E-state index contributed by atoms with van der Waals surface area (Å²) >= 11 is 1.52. The monoisotopic (exact) mass is 374 g/mol. The Morgan fingerprint density at radius 2 is 2.27 bits per heavy atom. The molecule has 2 heterocycles. The highest BCUT2D eigenvalue weighted by Crippen LogP contribution is 2.24.